The maximum atomic E-state index is 13.3. The van der Waals surface area contributed by atoms with Crippen molar-refractivity contribution < 1.29 is 27.5 Å². The van der Waals surface area contributed by atoms with Gasteiger partial charge in [0.1, 0.15) is 11.8 Å². The van der Waals surface area contributed by atoms with Gasteiger partial charge in [0.15, 0.2) is 0 Å². The Balaban J connectivity index is 2.32. The number of ether oxygens (including phenoxy) is 1. The van der Waals surface area contributed by atoms with Crippen molar-refractivity contribution in [2.75, 3.05) is 13.7 Å². The van der Waals surface area contributed by atoms with E-state index in [0.29, 0.717) is 0 Å². The summed E-state index contributed by atoms with van der Waals surface area (Å²) in [5, 5.41) is 2.59. The van der Waals surface area contributed by atoms with E-state index in [1.54, 1.807) is 12.1 Å². The van der Waals surface area contributed by atoms with Crippen LogP contribution in [0.25, 0.3) is 0 Å². The summed E-state index contributed by atoms with van der Waals surface area (Å²) in [5.41, 5.74) is 0.0673. The number of nitrogens with zero attached hydrogens (tertiary/aromatic N) is 1. The second-order valence-corrected chi connectivity index (χ2v) is 5.69. The normalized spacial score (nSPS) is 21.3. The molecule has 1 aliphatic rings. The number of amides is 2. The van der Waals surface area contributed by atoms with E-state index in [9.17, 15) is 22.8 Å². The average Bonchev–Trinajstić information content (AvgIpc) is 2.52. The highest BCUT2D eigenvalue weighted by Gasteiger charge is 2.48. The molecule has 5 nitrogen and oxygen atoms in total. The second-order valence-electron chi connectivity index (χ2n) is 5.69. The third-order valence-electron chi connectivity index (χ3n) is 3.97. The quantitative estimate of drug-likeness (QED) is 0.916. The first-order valence-corrected chi connectivity index (χ1v) is 7.52. The summed E-state index contributed by atoms with van der Waals surface area (Å²) in [4.78, 5) is 24.7. The molecule has 0 spiro atoms. The lowest BCUT2D eigenvalue weighted by molar-refractivity contribution is -0.184. The number of para-hydroxylation sites is 1. The van der Waals surface area contributed by atoms with Crippen molar-refractivity contribution in [1.29, 1.82) is 0 Å². The molecule has 1 N–H and O–H groups in total. The van der Waals surface area contributed by atoms with E-state index < -0.39 is 24.2 Å². The van der Waals surface area contributed by atoms with Crippen molar-refractivity contribution in [2.24, 2.45) is 0 Å². The molecule has 1 aromatic rings. The lowest BCUT2D eigenvalue weighted by Crippen LogP contribution is -2.58. The fourth-order valence-electron chi connectivity index (χ4n) is 2.92. The van der Waals surface area contributed by atoms with E-state index in [4.69, 9.17) is 4.74 Å². The van der Waals surface area contributed by atoms with Crippen LogP contribution in [0, 0.1) is 0 Å². The molecule has 1 aromatic carbocycles. The van der Waals surface area contributed by atoms with Crippen molar-refractivity contribution in [3.8, 4) is 5.75 Å². The third-order valence-corrected chi connectivity index (χ3v) is 3.97. The number of halogens is 3. The first-order valence-electron chi connectivity index (χ1n) is 7.52. The number of hydrogen-bond acceptors (Lipinski definition) is 3. The fraction of sp³-hybridized carbons (Fsp3) is 0.500. The van der Waals surface area contributed by atoms with Gasteiger partial charge in [0, 0.05) is 19.5 Å². The van der Waals surface area contributed by atoms with Gasteiger partial charge in [0.05, 0.1) is 12.7 Å². The van der Waals surface area contributed by atoms with Crippen LogP contribution in [-0.4, -0.2) is 48.6 Å². The van der Waals surface area contributed by atoms with Gasteiger partial charge in [-0.1, -0.05) is 12.1 Å². The average molecular weight is 344 g/mol. The van der Waals surface area contributed by atoms with Crippen molar-refractivity contribution >= 4 is 11.8 Å². The molecule has 1 saturated heterocycles. The smallest absolute Gasteiger partial charge is 0.408 e. The predicted octanol–water partition coefficient (Wildman–Crippen LogP) is 2.37. The Kier molecular flexibility index (Phi) is 5.36. The zero-order valence-electron chi connectivity index (χ0n) is 13.4. The maximum absolute atomic E-state index is 13.3. The molecule has 0 aromatic heterocycles. The van der Waals surface area contributed by atoms with Crippen molar-refractivity contribution in [1.82, 2.24) is 10.2 Å². The number of alkyl halides is 3. The molecule has 1 aliphatic heterocycles. The van der Waals surface area contributed by atoms with Gasteiger partial charge in [-0.25, -0.2) is 0 Å². The fourth-order valence-corrected chi connectivity index (χ4v) is 2.92. The Morgan fingerprint density at radius 2 is 1.92 bits per heavy atom. The van der Waals surface area contributed by atoms with Crippen molar-refractivity contribution in [2.45, 2.75) is 38.0 Å². The van der Waals surface area contributed by atoms with Gasteiger partial charge < -0.3 is 15.0 Å². The lowest BCUT2D eigenvalue weighted by atomic mass is 9.96. The molecule has 0 radical (unpaired) electrons. The van der Waals surface area contributed by atoms with Crippen molar-refractivity contribution in [3.05, 3.63) is 29.8 Å². The second kappa shape index (κ2) is 7.11. The first-order chi connectivity index (χ1) is 11.2. The number of benzene rings is 1. The van der Waals surface area contributed by atoms with Crippen LogP contribution in [0.4, 0.5) is 13.2 Å². The molecular formula is C16H19F3N2O3. The summed E-state index contributed by atoms with van der Waals surface area (Å²) < 4.78 is 45.1. The van der Waals surface area contributed by atoms with E-state index >= 15 is 0 Å². The summed E-state index contributed by atoms with van der Waals surface area (Å²) in [7, 11) is 1.35. The predicted molar refractivity (Wildman–Crippen MR) is 80.7 cm³/mol. The highest BCUT2D eigenvalue weighted by molar-refractivity contribution is 5.97. The molecule has 1 fully saturated rings. The third kappa shape index (κ3) is 3.98. The molecule has 0 unspecified atom stereocenters. The molecule has 2 rings (SSSR count). The van der Waals surface area contributed by atoms with Gasteiger partial charge in [-0.2, -0.15) is 13.2 Å². The Morgan fingerprint density at radius 3 is 2.50 bits per heavy atom. The van der Waals surface area contributed by atoms with Crippen molar-refractivity contribution in [3.63, 3.8) is 0 Å². The minimum atomic E-state index is -4.53. The minimum absolute atomic E-state index is 0.0673. The van der Waals surface area contributed by atoms with Gasteiger partial charge in [-0.15, -0.1) is 0 Å². The standard InChI is InChI=1S/C16H19F3N2O3/c1-10(22)20-11-7-8-14(16(17,18)19)21(9-11)15(23)12-5-3-4-6-13(12)24-2/h3-6,11,14H,7-9H2,1-2H3,(H,20,22)/t11-,14+/m0/s1. The summed E-state index contributed by atoms with van der Waals surface area (Å²) in [5.74, 6) is -0.884. The molecule has 0 aliphatic carbocycles. The van der Waals surface area contributed by atoms with Crippen LogP contribution < -0.4 is 10.1 Å². The summed E-state index contributed by atoms with van der Waals surface area (Å²) in [6.45, 7) is 1.10. The molecule has 24 heavy (non-hydrogen) atoms. The number of hydrogen-bond donors (Lipinski definition) is 1. The molecule has 8 heteroatoms. The lowest BCUT2D eigenvalue weighted by Gasteiger charge is -2.40. The molecular weight excluding hydrogens is 325 g/mol. The number of carbonyl (C=O) groups is 2. The first kappa shape index (κ1) is 18.1. The van der Waals surface area contributed by atoms with Crippen LogP contribution in [0.5, 0.6) is 5.75 Å². The number of carbonyl (C=O) groups excluding carboxylic acids is 2. The van der Waals surface area contributed by atoms with E-state index in [1.807, 2.05) is 0 Å². The highest BCUT2D eigenvalue weighted by atomic mass is 19.4. The summed E-state index contributed by atoms with van der Waals surface area (Å²) >= 11 is 0. The number of nitrogens with one attached hydrogen (secondary N) is 1. The van der Waals surface area contributed by atoms with Gasteiger partial charge in [-0.3, -0.25) is 9.59 Å². The monoisotopic (exact) mass is 344 g/mol. The van der Waals surface area contributed by atoms with E-state index in [2.05, 4.69) is 5.32 Å². The number of likely N-dealkylation sites (tertiary alicyclic amines) is 1. The number of piperidine rings is 1. The summed E-state index contributed by atoms with van der Waals surface area (Å²) in [6.07, 6.45) is -4.62. The Hall–Kier alpha value is -2.25. The van der Waals surface area contributed by atoms with E-state index in [1.165, 1.54) is 26.2 Å². The maximum Gasteiger partial charge on any atom is 0.408 e. The molecule has 0 saturated carbocycles. The SMILES string of the molecule is COc1ccccc1C(=O)N1C[C@@H](NC(C)=O)CC[C@@H]1C(F)(F)F. The largest absolute Gasteiger partial charge is 0.496 e. The number of methoxy groups -OCH3 is 1. The van der Waals surface area contributed by atoms with Crippen LogP contribution >= 0.6 is 0 Å². The Morgan fingerprint density at radius 1 is 1.25 bits per heavy atom. The van der Waals surface area contributed by atoms with Crippen LogP contribution in [0.1, 0.15) is 30.1 Å². The molecule has 0 bridgehead atoms. The van der Waals surface area contributed by atoms with Gasteiger partial charge in [0.25, 0.3) is 5.91 Å². The van der Waals surface area contributed by atoms with Crippen LogP contribution in [0.2, 0.25) is 0 Å². The Bertz CT molecular complexity index is 619. The van der Waals surface area contributed by atoms with Gasteiger partial charge >= 0.3 is 6.18 Å². The Labute approximate surface area is 137 Å². The molecule has 132 valence electrons. The van der Waals surface area contributed by atoms with E-state index in [0.717, 1.165) is 4.90 Å². The van der Waals surface area contributed by atoms with Gasteiger partial charge in [0.2, 0.25) is 5.91 Å². The molecule has 2 amide bonds. The molecule has 2 atom stereocenters. The van der Waals surface area contributed by atoms with Crippen LogP contribution in [-0.2, 0) is 4.79 Å². The number of rotatable bonds is 3. The molecule has 1 heterocycles. The topological polar surface area (TPSA) is 58.6 Å². The van der Waals surface area contributed by atoms with Crippen LogP contribution in [0.3, 0.4) is 0 Å². The van der Waals surface area contributed by atoms with E-state index in [-0.39, 0.29) is 36.6 Å². The highest BCUT2D eigenvalue weighted by Crippen LogP contribution is 2.34. The minimum Gasteiger partial charge on any atom is -0.496 e. The zero-order chi connectivity index (χ0) is 17.9. The summed E-state index contributed by atoms with van der Waals surface area (Å²) in [6, 6.07) is 3.77. The zero-order valence-corrected chi connectivity index (χ0v) is 13.4. The van der Waals surface area contributed by atoms with Crippen LogP contribution in [0.15, 0.2) is 24.3 Å². The van der Waals surface area contributed by atoms with Gasteiger partial charge in [-0.05, 0) is 25.0 Å².